The van der Waals surface area contributed by atoms with Gasteiger partial charge in [-0.15, -0.1) is 11.6 Å². The molecule has 3 nitrogen and oxygen atoms in total. The van der Waals surface area contributed by atoms with Crippen LogP contribution in [0.2, 0.25) is 0 Å². The third-order valence-corrected chi connectivity index (χ3v) is 3.70. The molecular formula is C15H20ClN3. The Morgan fingerprint density at radius 3 is 2.58 bits per heavy atom. The molecule has 1 aromatic carbocycles. The van der Waals surface area contributed by atoms with Gasteiger partial charge in [-0.25, -0.2) is 9.97 Å². The van der Waals surface area contributed by atoms with Crippen LogP contribution in [0.4, 0.5) is 5.82 Å². The summed E-state index contributed by atoms with van der Waals surface area (Å²) in [4.78, 5) is 9.17. The molecule has 4 heteroatoms. The van der Waals surface area contributed by atoms with Crippen LogP contribution in [-0.4, -0.2) is 22.4 Å². The van der Waals surface area contributed by atoms with Crippen LogP contribution in [-0.2, 0) is 0 Å². The van der Waals surface area contributed by atoms with Gasteiger partial charge in [0.1, 0.15) is 5.82 Å². The molecule has 1 aromatic heterocycles. The maximum Gasteiger partial charge on any atom is 0.148 e. The first kappa shape index (κ1) is 14.1. The summed E-state index contributed by atoms with van der Waals surface area (Å²) in [6, 6.07) is 7.94. The molecule has 1 unspecified atom stereocenters. The normalized spacial score (nSPS) is 12.6. The van der Waals surface area contributed by atoms with Crippen LogP contribution in [0.5, 0.6) is 0 Å². The molecule has 0 saturated heterocycles. The Hall–Kier alpha value is -1.35. The van der Waals surface area contributed by atoms with E-state index in [2.05, 4.69) is 22.2 Å². The van der Waals surface area contributed by atoms with Crippen molar-refractivity contribution in [2.24, 2.45) is 5.92 Å². The van der Waals surface area contributed by atoms with Crippen LogP contribution >= 0.6 is 11.6 Å². The van der Waals surface area contributed by atoms with E-state index < -0.39 is 0 Å². The molecule has 0 aliphatic rings. The van der Waals surface area contributed by atoms with E-state index >= 15 is 0 Å². The number of rotatable bonds is 6. The summed E-state index contributed by atoms with van der Waals surface area (Å²) in [7, 11) is 0. The lowest BCUT2D eigenvalue weighted by Gasteiger charge is -2.10. The average molecular weight is 278 g/mol. The van der Waals surface area contributed by atoms with Crippen LogP contribution < -0.4 is 5.32 Å². The second-order valence-electron chi connectivity index (χ2n) is 4.97. The molecule has 0 spiro atoms. The minimum absolute atomic E-state index is 0.576. The van der Waals surface area contributed by atoms with Crippen molar-refractivity contribution in [3.05, 3.63) is 30.0 Å². The first-order valence-corrected chi connectivity index (χ1v) is 7.27. The van der Waals surface area contributed by atoms with Crippen LogP contribution in [0, 0.1) is 12.8 Å². The number of hydrogen-bond donors (Lipinski definition) is 1. The highest BCUT2D eigenvalue weighted by Gasteiger charge is 2.04. The summed E-state index contributed by atoms with van der Waals surface area (Å²) in [6.07, 6.45) is 2.23. The first-order valence-electron chi connectivity index (χ1n) is 6.74. The summed E-state index contributed by atoms with van der Waals surface area (Å²) in [6.45, 7) is 5.08. The van der Waals surface area contributed by atoms with E-state index in [-0.39, 0.29) is 0 Å². The number of fused-ring (bicyclic) bond motifs is 1. The third kappa shape index (κ3) is 3.80. The topological polar surface area (TPSA) is 37.8 Å². The van der Waals surface area contributed by atoms with Crippen molar-refractivity contribution in [1.29, 1.82) is 0 Å². The molecule has 19 heavy (non-hydrogen) atoms. The fourth-order valence-electron chi connectivity index (χ4n) is 1.99. The van der Waals surface area contributed by atoms with Gasteiger partial charge in [-0.2, -0.15) is 0 Å². The zero-order valence-electron chi connectivity index (χ0n) is 11.5. The summed E-state index contributed by atoms with van der Waals surface area (Å²) >= 11 is 5.80. The highest BCUT2D eigenvalue weighted by molar-refractivity contribution is 6.18. The molecule has 0 fully saturated rings. The fraction of sp³-hybridized carbons (Fsp3) is 0.467. The minimum atomic E-state index is 0.576. The number of benzene rings is 1. The van der Waals surface area contributed by atoms with E-state index in [1.807, 2.05) is 31.2 Å². The van der Waals surface area contributed by atoms with E-state index in [0.717, 1.165) is 47.8 Å². The largest absolute Gasteiger partial charge is 0.369 e. The van der Waals surface area contributed by atoms with Gasteiger partial charge >= 0.3 is 0 Å². The Labute approximate surface area is 119 Å². The molecule has 0 aliphatic heterocycles. The van der Waals surface area contributed by atoms with E-state index in [1.165, 1.54) is 0 Å². The smallest absolute Gasteiger partial charge is 0.148 e. The van der Waals surface area contributed by atoms with Gasteiger partial charge in [-0.1, -0.05) is 19.1 Å². The van der Waals surface area contributed by atoms with Crippen molar-refractivity contribution in [1.82, 2.24) is 9.97 Å². The number of hydrogen-bond acceptors (Lipinski definition) is 3. The lowest BCUT2D eigenvalue weighted by atomic mass is 10.1. The minimum Gasteiger partial charge on any atom is -0.369 e. The van der Waals surface area contributed by atoms with Gasteiger partial charge in [0.25, 0.3) is 0 Å². The van der Waals surface area contributed by atoms with Gasteiger partial charge in [-0.3, -0.25) is 0 Å². The predicted octanol–water partition coefficient (Wildman–Crippen LogP) is 4.01. The summed E-state index contributed by atoms with van der Waals surface area (Å²) in [5, 5.41) is 3.37. The van der Waals surface area contributed by atoms with Crippen LogP contribution in [0.15, 0.2) is 24.3 Å². The Balaban J connectivity index is 1.98. The number of nitrogens with zero attached hydrogens (tertiary/aromatic N) is 2. The van der Waals surface area contributed by atoms with Crippen LogP contribution in [0.25, 0.3) is 11.0 Å². The quantitative estimate of drug-likeness (QED) is 0.640. The Kier molecular flexibility index (Phi) is 4.97. The van der Waals surface area contributed by atoms with Crippen molar-refractivity contribution in [2.75, 3.05) is 17.7 Å². The average Bonchev–Trinajstić information content (AvgIpc) is 2.43. The lowest BCUT2D eigenvalue weighted by Crippen LogP contribution is -2.08. The highest BCUT2D eigenvalue weighted by Crippen LogP contribution is 2.16. The molecule has 0 bridgehead atoms. The van der Waals surface area contributed by atoms with Crippen molar-refractivity contribution in [3.8, 4) is 0 Å². The second-order valence-corrected chi connectivity index (χ2v) is 5.28. The maximum absolute atomic E-state index is 5.80. The SMILES string of the molecule is Cc1nc2ccccc2nc1NCCCC(C)CCl. The number of nitrogens with one attached hydrogen (secondary N) is 1. The Morgan fingerprint density at radius 2 is 1.89 bits per heavy atom. The molecule has 1 atom stereocenters. The van der Waals surface area contributed by atoms with Crippen LogP contribution in [0.3, 0.4) is 0 Å². The standard InChI is InChI=1S/C15H20ClN3/c1-11(10-16)6-5-9-17-15-12(2)18-13-7-3-4-8-14(13)19-15/h3-4,7-8,11H,5-6,9-10H2,1-2H3,(H,17,19). The highest BCUT2D eigenvalue weighted by atomic mass is 35.5. The zero-order valence-corrected chi connectivity index (χ0v) is 12.2. The number of anilines is 1. The summed E-state index contributed by atoms with van der Waals surface area (Å²) in [5.74, 6) is 2.19. The van der Waals surface area contributed by atoms with E-state index in [9.17, 15) is 0 Å². The number of aromatic nitrogens is 2. The molecule has 2 rings (SSSR count). The Bertz CT molecular complexity index is 542. The number of aryl methyl sites for hydroxylation is 1. The van der Waals surface area contributed by atoms with E-state index in [0.29, 0.717) is 5.92 Å². The molecule has 1 N–H and O–H groups in total. The summed E-state index contributed by atoms with van der Waals surface area (Å²) < 4.78 is 0. The number of halogens is 1. The van der Waals surface area contributed by atoms with Crippen molar-refractivity contribution in [3.63, 3.8) is 0 Å². The van der Waals surface area contributed by atoms with Gasteiger partial charge in [0.05, 0.1) is 16.7 Å². The van der Waals surface area contributed by atoms with Gasteiger partial charge in [0.2, 0.25) is 0 Å². The molecule has 0 aliphatic carbocycles. The van der Waals surface area contributed by atoms with Crippen LogP contribution in [0.1, 0.15) is 25.5 Å². The summed E-state index contributed by atoms with van der Waals surface area (Å²) in [5.41, 5.74) is 2.83. The van der Waals surface area contributed by atoms with Crippen molar-refractivity contribution >= 4 is 28.5 Å². The second kappa shape index (κ2) is 6.71. The first-order chi connectivity index (χ1) is 9.20. The predicted molar refractivity (Wildman–Crippen MR) is 81.9 cm³/mol. The molecular weight excluding hydrogens is 258 g/mol. The van der Waals surface area contributed by atoms with Gasteiger partial charge < -0.3 is 5.32 Å². The van der Waals surface area contributed by atoms with E-state index in [4.69, 9.17) is 11.6 Å². The van der Waals surface area contributed by atoms with Crippen molar-refractivity contribution < 1.29 is 0 Å². The molecule has 0 radical (unpaired) electrons. The number of para-hydroxylation sites is 2. The molecule has 0 amide bonds. The molecule has 2 aromatic rings. The fourth-order valence-corrected chi connectivity index (χ4v) is 2.14. The molecule has 102 valence electrons. The van der Waals surface area contributed by atoms with Gasteiger partial charge in [0, 0.05) is 12.4 Å². The monoisotopic (exact) mass is 277 g/mol. The third-order valence-electron chi connectivity index (χ3n) is 3.17. The van der Waals surface area contributed by atoms with Gasteiger partial charge in [-0.05, 0) is 37.8 Å². The zero-order chi connectivity index (χ0) is 13.7. The molecule has 1 heterocycles. The molecule has 0 saturated carbocycles. The maximum atomic E-state index is 5.80. The van der Waals surface area contributed by atoms with Gasteiger partial charge in [0.15, 0.2) is 0 Å². The van der Waals surface area contributed by atoms with Crippen molar-refractivity contribution in [2.45, 2.75) is 26.7 Å². The Morgan fingerprint density at radius 1 is 1.21 bits per heavy atom. The lowest BCUT2D eigenvalue weighted by molar-refractivity contribution is 0.572. The van der Waals surface area contributed by atoms with E-state index in [1.54, 1.807) is 0 Å². The number of alkyl halides is 1.